The van der Waals surface area contributed by atoms with Crippen molar-refractivity contribution in [1.82, 2.24) is 9.88 Å². The van der Waals surface area contributed by atoms with E-state index in [0.29, 0.717) is 11.6 Å². The van der Waals surface area contributed by atoms with E-state index in [1.54, 1.807) is 11.3 Å². The van der Waals surface area contributed by atoms with Gasteiger partial charge in [0.2, 0.25) is 0 Å². The smallest absolute Gasteiger partial charge is 0.260 e. The summed E-state index contributed by atoms with van der Waals surface area (Å²) in [7, 11) is 0. The number of carbonyl (C=O) groups excluding carboxylic acids is 1. The van der Waals surface area contributed by atoms with Crippen LogP contribution in [0.4, 0.5) is 5.13 Å². The fourth-order valence-electron chi connectivity index (χ4n) is 3.96. The Morgan fingerprint density at radius 2 is 1.94 bits per heavy atom. The van der Waals surface area contributed by atoms with Crippen LogP contribution in [0.3, 0.4) is 0 Å². The van der Waals surface area contributed by atoms with Gasteiger partial charge in [-0.15, -0.1) is 12.4 Å². The fraction of sp³-hybridized carbons (Fsp3) is 0.417. The third-order valence-corrected chi connectivity index (χ3v) is 7.24. The highest BCUT2D eigenvalue weighted by Crippen LogP contribution is 2.34. The summed E-state index contributed by atoms with van der Waals surface area (Å²) < 4.78 is 6.49. The predicted octanol–water partition coefficient (Wildman–Crippen LogP) is 5.67. The van der Waals surface area contributed by atoms with Crippen LogP contribution in [-0.4, -0.2) is 55.2 Å². The third kappa shape index (κ3) is 5.43. The first-order chi connectivity index (χ1) is 14.9. The Balaban J connectivity index is 0.00000289. The van der Waals surface area contributed by atoms with Crippen LogP contribution in [-0.2, 0) is 4.74 Å². The highest BCUT2D eigenvalue weighted by Gasteiger charge is 2.23. The number of rotatable bonds is 6. The van der Waals surface area contributed by atoms with Gasteiger partial charge in [0, 0.05) is 36.8 Å². The number of carbonyl (C=O) groups is 1. The second-order valence-corrected chi connectivity index (χ2v) is 9.51. The summed E-state index contributed by atoms with van der Waals surface area (Å²) >= 11 is 7.86. The number of amides is 1. The first-order valence-electron chi connectivity index (χ1n) is 10.7. The number of aromatic nitrogens is 1. The normalized spacial score (nSPS) is 14.4. The van der Waals surface area contributed by atoms with E-state index in [1.165, 1.54) is 0 Å². The molecule has 1 aliphatic rings. The van der Waals surface area contributed by atoms with Gasteiger partial charge in [-0.05, 0) is 56.5 Å². The van der Waals surface area contributed by atoms with Crippen LogP contribution in [0.15, 0.2) is 30.3 Å². The van der Waals surface area contributed by atoms with Crippen molar-refractivity contribution < 1.29 is 9.53 Å². The molecule has 4 rings (SSSR count). The van der Waals surface area contributed by atoms with Gasteiger partial charge in [-0.1, -0.05) is 40.6 Å². The van der Waals surface area contributed by atoms with Crippen molar-refractivity contribution in [2.24, 2.45) is 0 Å². The Hall–Kier alpha value is -1.70. The molecule has 3 aromatic rings. The largest absolute Gasteiger partial charge is 0.379 e. The summed E-state index contributed by atoms with van der Waals surface area (Å²) in [5.41, 5.74) is 4.70. The molecular weight excluding hydrogens is 465 g/mol. The number of hydrogen-bond acceptors (Lipinski definition) is 5. The maximum Gasteiger partial charge on any atom is 0.260 e. The average Bonchev–Trinajstić information content (AvgIpc) is 3.19. The van der Waals surface area contributed by atoms with Gasteiger partial charge in [-0.2, -0.15) is 0 Å². The molecule has 1 amide bonds. The van der Waals surface area contributed by atoms with Crippen LogP contribution in [0.5, 0.6) is 0 Å². The van der Waals surface area contributed by atoms with Gasteiger partial charge >= 0.3 is 0 Å². The molecule has 8 heteroatoms. The molecule has 1 fully saturated rings. The summed E-state index contributed by atoms with van der Waals surface area (Å²) in [5.74, 6) is 0.00211. The maximum atomic E-state index is 13.6. The number of morpholine rings is 1. The molecule has 1 aromatic heterocycles. The second kappa shape index (κ2) is 10.9. The lowest BCUT2D eigenvalue weighted by atomic mass is 10.0. The van der Waals surface area contributed by atoms with Crippen molar-refractivity contribution in [2.45, 2.75) is 27.2 Å². The van der Waals surface area contributed by atoms with Crippen molar-refractivity contribution in [2.75, 3.05) is 44.3 Å². The highest BCUT2D eigenvalue weighted by atomic mass is 35.5. The number of benzene rings is 2. The van der Waals surface area contributed by atoms with E-state index in [0.717, 1.165) is 76.9 Å². The Bertz CT molecular complexity index is 1100. The second-order valence-electron chi connectivity index (χ2n) is 8.10. The molecule has 0 saturated carbocycles. The summed E-state index contributed by atoms with van der Waals surface area (Å²) in [6, 6.07) is 9.86. The number of aryl methyl sites for hydroxylation is 3. The van der Waals surface area contributed by atoms with Crippen molar-refractivity contribution >= 4 is 56.6 Å². The summed E-state index contributed by atoms with van der Waals surface area (Å²) in [5, 5.41) is 1.43. The highest BCUT2D eigenvalue weighted by molar-refractivity contribution is 7.22. The molecule has 2 heterocycles. The van der Waals surface area contributed by atoms with E-state index in [4.69, 9.17) is 21.3 Å². The Morgan fingerprint density at radius 3 is 2.66 bits per heavy atom. The van der Waals surface area contributed by atoms with E-state index in [9.17, 15) is 4.79 Å². The topological polar surface area (TPSA) is 45.7 Å². The summed E-state index contributed by atoms with van der Waals surface area (Å²) in [4.78, 5) is 22.7. The number of nitrogens with zero attached hydrogens (tertiary/aromatic N) is 3. The number of ether oxygens (including phenoxy) is 1. The molecule has 0 bridgehead atoms. The lowest BCUT2D eigenvalue weighted by Crippen LogP contribution is -2.39. The molecule has 32 heavy (non-hydrogen) atoms. The molecule has 1 saturated heterocycles. The molecule has 1 aliphatic heterocycles. The van der Waals surface area contributed by atoms with E-state index in [1.807, 2.05) is 49.9 Å². The summed E-state index contributed by atoms with van der Waals surface area (Å²) in [6.07, 6.45) is 0.881. The number of anilines is 1. The van der Waals surface area contributed by atoms with Gasteiger partial charge in [-0.25, -0.2) is 4.98 Å². The van der Waals surface area contributed by atoms with Gasteiger partial charge in [-0.3, -0.25) is 14.6 Å². The zero-order valence-electron chi connectivity index (χ0n) is 18.7. The van der Waals surface area contributed by atoms with Crippen molar-refractivity contribution in [1.29, 1.82) is 0 Å². The van der Waals surface area contributed by atoms with Crippen LogP contribution < -0.4 is 4.90 Å². The van der Waals surface area contributed by atoms with Gasteiger partial charge < -0.3 is 4.74 Å². The molecule has 172 valence electrons. The third-order valence-electron chi connectivity index (χ3n) is 5.78. The number of halogens is 2. The Kier molecular flexibility index (Phi) is 8.53. The van der Waals surface area contributed by atoms with Crippen LogP contribution in [0.2, 0.25) is 5.02 Å². The van der Waals surface area contributed by atoms with Gasteiger partial charge in [0.05, 0.1) is 23.4 Å². The zero-order chi connectivity index (χ0) is 22.0. The van der Waals surface area contributed by atoms with E-state index in [2.05, 4.69) is 11.0 Å². The van der Waals surface area contributed by atoms with E-state index in [-0.39, 0.29) is 18.3 Å². The molecule has 0 spiro atoms. The predicted molar refractivity (Wildman–Crippen MR) is 136 cm³/mol. The number of fused-ring (bicyclic) bond motifs is 1. The van der Waals surface area contributed by atoms with Gasteiger partial charge in [0.25, 0.3) is 5.91 Å². The Labute approximate surface area is 204 Å². The molecule has 0 N–H and O–H groups in total. The number of hydrogen-bond donors (Lipinski definition) is 0. The first kappa shape index (κ1) is 24.9. The summed E-state index contributed by atoms with van der Waals surface area (Å²) in [6.45, 7) is 11.0. The van der Waals surface area contributed by atoms with Crippen LogP contribution in [0, 0.1) is 20.8 Å². The molecule has 0 aliphatic carbocycles. The monoisotopic (exact) mass is 493 g/mol. The maximum absolute atomic E-state index is 13.6. The van der Waals surface area contributed by atoms with Crippen molar-refractivity contribution in [3.05, 3.63) is 57.6 Å². The quantitative estimate of drug-likeness (QED) is 0.443. The molecule has 5 nitrogen and oxygen atoms in total. The van der Waals surface area contributed by atoms with Crippen LogP contribution in [0.1, 0.15) is 33.5 Å². The van der Waals surface area contributed by atoms with E-state index >= 15 is 0 Å². The minimum Gasteiger partial charge on any atom is -0.379 e. The standard InChI is InChI=1S/C24H28ClN3O2S.ClH/c1-16-5-6-19(17(2)15-16)23(29)28(10-4-9-27-11-13-30-14-12-27)24-26-22-18(3)20(25)7-8-21(22)31-24;/h5-8,15H,4,9-14H2,1-3H3;1H. The first-order valence-corrected chi connectivity index (χ1v) is 11.9. The zero-order valence-corrected chi connectivity index (χ0v) is 21.1. The lowest BCUT2D eigenvalue weighted by molar-refractivity contribution is 0.0376. The molecule has 0 unspecified atom stereocenters. The lowest BCUT2D eigenvalue weighted by Gasteiger charge is -2.28. The Morgan fingerprint density at radius 1 is 1.19 bits per heavy atom. The fourth-order valence-corrected chi connectivity index (χ4v) is 5.17. The van der Waals surface area contributed by atoms with Crippen molar-refractivity contribution in [3.63, 3.8) is 0 Å². The minimum atomic E-state index is 0. The van der Waals surface area contributed by atoms with Crippen molar-refractivity contribution in [3.8, 4) is 0 Å². The number of thiazole rings is 1. The molecular formula is C24H29Cl2N3O2S. The molecule has 2 aromatic carbocycles. The average molecular weight is 494 g/mol. The van der Waals surface area contributed by atoms with Crippen LogP contribution in [0.25, 0.3) is 10.2 Å². The molecule has 0 radical (unpaired) electrons. The minimum absolute atomic E-state index is 0. The molecule has 0 atom stereocenters. The SMILES string of the molecule is Cc1ccc(C(=O)N(CCCN2CCOCC2)c2nc3c(C)c(Cl)ccc3s2)c(C)c1.Cl. The van der Waals surface area contributed by atoms with Crippen LogP contribution >= 0.6 is 35.3 Å². The van der Waals surface area contributed by atoms with Gasteiger partial charge in [0.15, 0.2) is 5.13 Å². The van der Waals surface area contributed by atoms with E-state index < -0.39 is 0 Å². The van der Waals surface area contributed by atoms with Gasteiger partial charge in [0.1, 0.15) is 0 Å².